The second-order valence-electron chi connectivity index (χ2n) is 4.96. The van der Waals surface area contributed by atoms with Gasteiger partial charge in [0.25, 0.3) is 0 Å². The van der Waals surface area contributed by atoms with Gasteiger partial charge >= 0.3 is 0 Å². The monoisotopic (exact) mass is 234 g/mol. The molecular weight excluding hydrogens is 215 g/mol. The molecule has 2 aliphatic heterocycles. The molecular formula is C13H19N2P. The van der Waals surface area contributed by atoms with Crippen molar-refractivity contribution in [1.29, 1.82) is 0 Å². The van der Waals surface area contributed by atoms with E-state index in [4.69, 9.17) is 0 Å². The van der Waals surface area contributed by atoms with Crippen molar-refractivity contribution in [1.82, 2.24) is 9.88 Å². The van der Waals surface area contributed by atoms with Gasteiger partial charge in [0, 0.05) is 18.9 Å². The van der Waals surface area contributed by atoms with Gasteiger partial charge in [-0.3, -0.25) is 4.98 Å². The average Bonchev–Trinajstić information content (AvgIpc) is 3.15. The van der Waals surface area contributed by atoms with E-state index in [-0.39, 0.29) is 0 Å². The van der Waals surface area contributed by atoms with Gasteiger partial charge in [-0.2, -0.15) is 0 Å². The van der Waals surface area contributed by atoms with Crippen LogP contribution in [0.5, 0.6) is 0 Å². The van der Waals surface area contributed by atoms with Crippen LogP contribution >= 0.6 is 8.58 Å². The molecule has 3 heterocycles. The SMILES string of the molecule is c1cc(C2CCN(CC3CP3)CC2)ccn1. The molecule has 0 N–H and O–H groups in total. The Labute approximate surface area is 99.2 Å². The zero-order chi connectivity index (χ0) is 10.8. The highest BCUT2D eigenvalue weighted by Gasteiger charge is 2.27. The van der Waals surface area contributed by atoms with Gasteiger partial charge in [-0.05, 0) is 61.4 Å². The molecule has 3 rings (SSSR count). The van der Waals surface area contributed by atoms with Gasteiger partial charge in [0.05, 0.1) is 0 Å². The molecule has 2 unspecified atom stereocenters. The molecule has 0 spiro atoms. The Balaban J connectivity index is 1.53. The lowest BCUT2D eigenvalue weighted by Crippen LogP contribution is -2.35. The molecule has 0 aromatic carbocycles. The van der Waals surface area contributed by atoms with Crippen molar-refractivity contribution in [3.05, 3.63) is 30.1 Å². The summed E-state index contributed by atoms with van der Waals surface area (Å²) in [5.41, 5.74) is 2.56. The molecule has 2 saturated heterocycles. The number of pyridine rings is 1. The standard InChI is InChI=1S/C13H19N2P/c1-5-14-6-2-11(1)12-3-7-15(8-4-12)9-13-10-16-13/h1-2,5-6,12-13,16H,3-4,7-10H2. The molecule has 86 valence electrons. The molecule has 16 heavy (non-hydrogen) atoms. The van der Waals surface area contributed by atoms with Crippen molar-refractivity contribution < 1.29 is 0 Å². The minimum atomic E-state index is 0.779. The van der Waals surface area contributed by atoms with Crippen LogP contribution in [0.15, 0.2) is 24.5 Å². The Morgan fingerprint density at radius 1 is 1.25 bits per heavy atom. The maximum absolute atomic E-state index is 4.09. The largest absolute Gasteiger partial charge is 0.303 e. The molecule has 2 aliphatic rings. The first-order chi connectivity index (χ1) is 7.92. The molecule has 2 fully saturated rings. The molecule has 2 nitrogen and oxygen atoms in total. The normalized spacial score (nSPS) is 28.4. The Kier molecular flexibility index (Phi) is 3.21. The average molecular weight is 234 g/mol. The van der Waals surface area contributed by atoms with Crippen molar-refractivity contribution in [3.63, 3.8) is 0 Å². The lowest BCUT2D eigenvalue weighted by molar-refractivity contribution is 0.218. The quantitative estimate of drug-likeness (QED) is 0.746. The number of likely N-dealkylation sites (tertiary alicyclic amines) is 1. The van der Waals surface area contributed by atoms with Crippen molar-refractivity contribution >= 4 is 8.58 Å². The highest BCUT2D eigenvalue weighted by atomic mass is 31.1. The molecule has 0 aliphatic carbocycles. The van der Waals surface area contributed by atoms with E-state index >= 15 is 0 Å². The fourth-order valence-corrected chi connectivity index (χ4v) is 3.29. The first kappa shape index (κ1) is 10.7. The zero-order valence-corrected chi connectivity index (χ0v) is 10.6. The third-order valence-electron chi connectivity index (χ3n) is 3.74. The van der Waals surface area contributed by atoms with Gasteiger partial charge in [0.15, 0.2) is 0 Å². The number of nitrogens with zero attached hydrogens (tertiary/aromatic N) is 2. The van der Waals surface area contributed by atoms with Gasteiger partial charge < -0.3 is 4.90 Å². The summed E-state index contributed by atoms with van der Waals surface area (Å²) in [6.45, 7) is 3.98. The maximum Gasteiger partial charge on any atom is 0.0270 e. The minimum Gasteiger partial charge on any atom is -0.303 e. The van der Waals surface area contributed by atoms with Crippen LogP contribution < -0.4 is 0 Å². The summed E-state index contributed by atoms with van der Waals surface area (Å²) in [6, 6.07) is 4.37. The van der Waals surface area contributed by atoms with Gasteiger partial charge in [-0.15, -0.1) is 8.58 Å². The van der Waals surface area contributed by atoms with Crippen LogP contribution in [0, 0.1) is 0 Å². The van der Waals surface area contributed by atoms with Gasteiger partial charge in [0.2, 0.25) is 0 Å². The number of aromatic nitrogens is 1. The summed E-state index contributed by atoms with van der Waals surface area (Å²) in [7, 11) is 1.27. The van der Waals surface area contributed by atoms with E-state index in [1.54, 1.807) is 0 Å². The summed E-state index contributed by atoms with van der Waals surface area (Å²) in [5, 5.41) is 0. The predicted molar refractivity (Wildman–Crippen MR) is 69.6 cm³/mol. The Bertz CT molecular complexity index is 329. The summed E-state index contributed by atoms with van der Waals surface area (Å²) in [4.78, 5) is 6.76. The van der Waals surface area contributed by atoms with Crippen molar-refractivity contribution in [2.75, 3.05) is 25.8 Å². The van der Waals surface area contributed by atoms with E-state index in [9.17, 15) is 0 Å². The molecule has 1 aromatic rings. The molecule has 0 saturated carbocycles. The summed E-state index contributed by atoms with van der Waals surface area (Å²) >= 11 is 0. The highest BCUT2D eigenvalue weighted by Crippen LogP contribution is 2.39. The van der Waals surface area contributed by atoms with E-state index in [2.05, 4.69) is 22.0 Å². The van der Waals surface area contributed by atoms with Crippen LogP contribution in [0.3, 0.4) is 0 Å². The van der Waals surface area contributed by atoms with Crippen LogP contribution in [0.2, 0.25) is 0 Å². The second kappa shape index (κ2) is 4.81. The van der Waals surface area contributed by atoms with E-state index in [1.165, 1.54) is 52.8 Å². The van der Waals surface area contributed by atoms with E-state index < -0.39 is 0 Å². The molecule has 1 aromatic heterocycles. The molecule has 0 amide bonds. The first-order valence-corrected chi connectivity index (χ1v) is 7.56. The fraction of sp³-hybridized carbons (Fsp3) is 0.615. The number of rotatable bonds is 3. The number of hydrogen-bond donors (Lipinski definition) is 0. The lowest BCUT2D eigenvalue weighted by atomic mass is 9.90. The van der Waals surface area contributed by atoms with E-state index in [1.807, 2.05) is 12.4 Å². The molecule has 3 heteroatoms. The summed E-state index contributed by atoms with van der Waals surface area (Å²) < 4.78 is 0. The lowest BCUT2D eigenvalue weighted by Gasteiger charge is -2.32. The Hall–Kier alpha value is -0.460. The second-order valence-corrected chi connectivity index (χ2v) is 6.59. The van der Waals surface area contributed by atoms with Crippen LogP contribution in [0.25, 0.3) is 0 Å². The Morgan fingerprint density at radius 3 is 2.56 bits per heavy atom. The number of piperidine rings is 1. The van der Waals surface area contributed by atoms with Crippen LogP contribution in [-0.4, -0.2) is 41.3 Å². The summed E-state index contributed by atoms with van der Waals surface area (Å²) in [6.07, 6.45) is 8.02. The van der Waals surface area contributed by atoms with Crippen molar-refractivity contribution in [3.8, 4) is 0 Å². The maximum atomic E-state index is 4.09. The molecule has 0 bridgehead atoms. The van der Waals surface area contributed by atoms with Crippen LogP contribution in [0.1, 0.15) is 24.3 Å². The first-order valence-electron chi connectivity index (χ1n) is 6.27. The topological polar surface area (TPSA) is 16.1 Å². The zero-order valence-electron chi connectivity index (χ0n) is 9.60. The van der Waals surface area contributed by atoms with Gasteiger partial charge in [-0.25, -0.2) is 0 Å². The smallest absolute Gasteiger partial charge is 0.0270 e. The van der Waals surface area contributed by atoms with Crippen molar-refractivity contribution in [2.45, 2.75) is 24.4 Å². The minimum absolute atomic E-state index is 0.779. The third-order valence-corrected chi connectivity index (χ3v) is 4.90. The van der Waals surface area contributed by atoms with Crippen LogP contribution in [0.4, 0.5) is 0 Å². The molecule has 0 radical (unpaired) electrons. The van der Waals surface area contributed by atoms with Crippen LogP contribution in [-0.2, 0) is 0 Å². The predicted octanol–water partition coefficient (Wildman–Crippen LogP) is 2.32. The van der Waals surface area contributed by atoms with Gasteiger partial charge in [0.1, 0.15) is 0 Å². The Morgan fingerprint density at radius 2 is 1.94 bits per heavy atom. The highest BCUT2D eigenvalue weighted by molar-refractivity contribution is 7.47. The van der Waals surface area contributed by atoms with Crippen molar-refractivity contribution in [2.24, 2.45) is 0 Å². The van der Waals surface area contributed by atoms with E-state index in [0.29, 0.717) is 0 Å². The summed E-state index contributed by atoms with van der Waals surface area (Å²) in [5.74, 6) is 0.779. The third kappa shape index (κ3) is 2.61. The molecule has 2 atom stereocenters. The van der Waals surface area contributed by atoms with Gasteiger partial charge in [-0.1, -0.05) is 0 Å². The number of hydrogen-bond acceptors (Lipinski definition) is 2. The fourth-order valence-electron chi connectivity index (χ4n) is 2.61. The van der Waals surface area contributed by atoms with E-state index in [0.717, 1.165) is 11.6 Å².